The summed E-state index contributed by atoms with van der Waals surface area (Å²) in [6, 6.07) is 7.98. The molecule has 0 heterocycles. The lowest BCUT2D eigenvalue weighted by atomic mass is 9.84. The molecule has 0 radical (unpaired) electrons. The van der Waals surface area contributed by atoms with E-state index in [-0.39, 0.29) is 36.5 Å². The molecule has 0 amide bonds. The maximum atomic E-state index is 11.9. The molecule has 1 aliphatic rings. The second kappa shape index (κ2) is 7.83. The van der Waals surface area contributed by atoms with Crippen LogP contribution in [0.25, 0.3) is 0 Å². The topological polar surface area (TPSA) is 84.5 Å². The van der Waals surface area contributed by atoms with Crippen molar-refractivity contribution >= 4 is 45.5 Å². The Morgan fingerprint density at radius 1 is 1.39 bits per heavy atom. The molecule has 1 aliphatic carbocycles. The van der Waals surface area contributed by atoms with E-state index in [1.54, 1.807) is 0 Å². The summed E-state index contributed by atoms with van der Waals surface area (Å²) in [6.45, 7) is 4.49. The molecule has 2 rings (SSSR count). The van der Waals surface area contributed by atoms with Crippen molar-refractivity contribution in [2.24, 2.45) is 10.7 Å². The van der Waals surface area contributed by atoms with E-state index in [2.05, 4.69) is 30.2 Å². The molecule has 7 heteroatoms. The zero-order chi connectivity index (χ0) is 16.4. The van der Waals surface area contributed by atoms with Crippen molar-refractivity contribution < 1.29 is 8.42 Å². The largest absolute Gasteiger partial charge is 0.370 e. The van der Waals surface area contributed by atoms with E-state index < -0.39 is 14.6 Å². The number of benzene rings is 1. The SMILES string of the molecule is CC(C)c1cccc(NC(N)=NCC2(S(C)(=O)=O)CCC2)c1.I. The van der Waals surface area contributed by atoms with Crippen LogP contribution in [0.15, 0.2) is 29.3 Å². The van der Waals surface area contributed by atoms with E-state index in [4.69, 9.17) is 5.73 Å². The summed E-state index contributed by atoms with van der Waals surface area (Å²) in [5.41, 5.74) is 7.99. The molecule has 5 nitrogen and oxygen atoms in total. The number of sulfone groups is 1. The van der Waals surface area contributed by atoms with Crippen molar-refractivity contribution in [3.8, 4) is 0 Å². The van der Waals surface area contributed by atoms with Gasteiger partial charge in [0.15, 0.2) is 15.8 Å². The van der Waals surface area contributed by atoms with Gasteiger partial charge in [0.1, 0.15) is 0 Å². The van der Waals surface area contributed by atoms with Crippen LogP contribution >= 0.6 is 24.0 Å². The van der Waals surface area contributed by atoms with E-state index in [0.717, 1.165) is 12.1 Å². The normalized spacial score (nSPS) is 17.3. The van der Waals surface area contributed by atoms with E-state index in [1.807, 2.05) is 18.2 Å². The molecule has 0 saturated heterocycles. The van der Waals surface area contributed by atoms with Gasteiger partial charge in [-0.15, -0.1) is 24.0 Å². The third kappa shape index (κ3) is 4.82. The Morgan fingerprint density at radius 2 is 2.04 bits per heavy atom. The third-order valence-electron chi connectivity index (χ3n) is 4.41. The Labute approximate surface area is 156 Å². The van der Waals surface area contributed by atoms with Gasteiger partial charge in [-0.25, -0.2) is 8.42 Å². The average molecular weight is 451 g/mol. The molecule has 0 atom stereocenters. The monoisotopic (exact) mass is 451 g/mol. The van der Waals surface area contributed by atoms with Crippen LogP contribution in [0.3, 0.4) is 0 Å². The summed E-state index contributed by atoms with van der Waals surface area (Å²) in [4.78, 5) is 4.26. The summed E-state index contributed by atoms with van der Waals surface area (Å²) in [6.07, 6.45) is 3.57. The number of nitrogens with two attached hydrogens (primary N) is 1. The number of guanidine groups is 1. The van der Waals surface area contributed by atoms with Gasteiger partial charge in [0, 0.05) is 11.9 Å². The summed E-state index contributed by atoms with van der Waals surface area (Å²) in [7, 11) is -3.10. The first-order valence-corrected chi connectivity index (χ1v) is 9.49. The van der Waals surface area contributed by atoms with Gasteiger partial charge in [-0.1, -0.05) is 32.4 Å². The second-order valence-corrected chi connectivity index (χ2v) is 8.83. The van der Waals surface area contributed by atoms with Gasteiger partial charge in [-0.3, -0.25) is 4.99 Å². The molecule has 1 aromatic carbocycles. The number of hydrogen-bond donors (Lipinski definition) is 2. The molecule has 1 fully saturated rings. The predicted octanol–water partition coefficient (Wildman–Crippen LogP) is 3.12. The molecule has 1 aromatic rings. The molecule has 23 heavy (non-hydrogen) atoms. The van der Waals surface area contributed by atoms with Crippen molar-refractivity contribution in [2.75, 3.05) is 18.1 Å². The Hall–Kier alpha value is -0.830. The highest BCUT2D eigenvalue weighted by Crippen LogP contribution is 2.39. The Balaban J connectivity index is 0.00000264. The average Bonchev–Trinajstić information content (AvgIpc) is 2.35. The number of hydrogen-bond acceptors (Lipinski definition) is 3. The van der Waals surface area contributed by atoms with E-state index >= 15 is 0 Å². The minimum Gasteiger partial charge on any atom is -0.370 e. The van der Waals surface area contributed by atoms with Crippen LogP contribution in [-0.4, -0.2) is 31.9 Å². The number of aliphatic imine (C=N–C) groups is 1. The van der Waals surface area contributed by atoms with Crippen LogP contribution in [0, 0.1) is 0 Å². The summed E-state index contributed by atoms with van der Waals surface area (Å²) in [5, 5.41) is 3.04. The molecular formula is C16H26IN3O2S. The molecule has 0 unspecified atom stereocenters. The molecule has 0 aromatic heterocycles. The minimum absolute atomic E-state index is 0. The van der Waals surface area contributed by atoms with Crippen molar-refractivity contribution in [1.29, 1.82) is 0 Å². The van der Waals surface area contributed by atoms with Crippen molar-refractivity contribution in [3.63, 3.8) is 0 Å². The van der Waals surface area contributed by atoms with Crippen LogP contribution in [0.1, 0.15) is 44.6 Å². The Kier molecular flexibility index (Phi) is 6.88. The van der Waals surface area contributed by atoms with Gasteiger partial charge in [0.05, 0.1) is 11.3 Å². The molecule has 0 spiro atoms. The van der Waals surface area contributed by atoms with Crippen LogP contribution in [0.4, 0.5) is 5.69 Å². The van der Waals surface area contributed by atoms with Crippen LogP contribution < -0.4 is 11.1 Å². The summed E-state index contributed by atoms with van der Waals surface area (Å²) in [5.74, 6) is 0.694. The van der Waals surface area contributed by atoms with E-state index in [9.17, 15) is 8.42 Å². The van der Waals surface area contributed by atoms with Crippen molar-refractivity contribution in [1.82, 2.24) is 0 Å². The zero-order valence-electron chi connectivity index (χ0n) is 13.9. The lowest BCUT2D eigenvalue weighted by molar-refractivity contribution is 0.347. The van der Waals surface area contributed by atoms with Crippen LogP contribution in [0.2, 0.25) is 0 Å². The van der Waals surface area contributed by atoms with Gasteiger partial charge < -0.3 is 11.1 Å². The lowest BCUT2D eigenvalue weighted by Gasteiger charge is -2.38. The Bertz CT molecular complexity index is 668. The standard InChI is InChI=1S/C16H25N3O2S.HI/c1-12(2)13-6-4-7-14(10-13)19-15(17)18-11-16(8-5-9-16)22(3,20)21;/h4,6-7,10,12H,5,8-9,11H2,1-3H3,(H3,17,18,19);1H. The predicted molar refractivity (Wildman–Crippen MR) is 107 cm³/mol. The van der Waals surface area contributed by atoms with E-state index in [1.165, 1.54) is 11.8 Å². The third-order valence-corrected chi connectivity index (χ3v) is 6.53. The zero-order valence-corrected chi connectivity index (χ0v) is 17.0. The molecule has 3 N–H and O–H groups in total. The van der Waals surface area contributed by atoms with Gasteiger partial charge in [-0.05, 0) is 36.5 Å². The second-order valence-electron chi connectivity index (χ2n) is 6.42. The van der Waals surface area contributed by atoms with Crippen LogP contribution in [0.5, 0.6) is 0 Å². The van der Waals surface area contributed by atoms with Gasteiger partial charge in [0.2, 0.25) is 0 Å². The minimum atomic E-state index is -3.10. The highest BCUT2D eigenvalue weighted by Gasteiger charge is 2.46. The lowest BCUT2D eigenvalue weighted by Crippen LogP contribution is -2.48. The fraction of sp³-hybridized carbons (Fsp3) is 0.562. The molecular weight excluding hydrogens is 425 g/mol. The van der Waals surface area contributed by atoms with Crippen molar-refractivity contribution in [2.45, 2.75) is 43.8 Å². The fourth-order valence-electron chi connectivity index (χ4n) is 2.61. The quantitative estimate of drug-likeness (QED) is 0.409. The van der Waals surface area contributed by atoms with Gasteiger partial charge in [-0.2, -0.15) is 0 Å². The highest BCUT2D eigenvalue weighted by atomic mass is 127. The van der Waals surface area contributed by atoms with E-state index in [0.29, 0.717) is 18.8 Å². The summed E-state index contributed by atoms with van der Waals surface area (Å²) < 4.78 is 23.1. The maximum absolute atomic E-state index is 11.9. The van der Waals surface area contributed by atoms with Gasteiger partial charge >= 0.3 is 0 Å². The van der Waals surface area contributed by atoms with Gasteiger partial charge in [0.25, 0.3) is 0 Å². The first kappa shape index (κ1) is 20.2. The fourth-order valence-corrected chi connectivity index (χ4v) is 3.94. The number of anilines is 1. The number of nitrogens with zero attached hydrogens (tertiary/aromatic N) is 1. The highest BCUT2D eigenvalue weighted by molar-refractivity contribution is 14.0. The molecule has 1 saturated carbocycles. The smallest absolute Gasteiger partial charge is 0.193 e. The first-order chi connectivity index (χ1) is 10.2. The number of rotatable bonds is 5. The number of nitrogens with one attached hydrogen (secondary N) is 1. The number of halogens is 1. The van der Waals surface area contributed by atoms with Crippen molar-refractivity contribution in [3.05, 3.63) is 29.8 Å². The molecule has 0 bridgehead atoms. The molecule has 0 aliphatic heterocycles. The maximum Gasteiger partial charge on any atom is 0.193 e. The summed E-state index contributed by atoms with van der Waals surface area (Å²) >= 11 is 0. The first-order valence-electron chi connectivity index (χ1n) is 7.60. The van der Waals surface area contributed by atoms with Crippen LogP contribution in [-0.2, 0) is 9.84 Å². The Morgan fingerprint density at radius 3 is 2.52 bits per heavy atom. The molecule has 130 valence electrons.